The van der Waals surface area contributed by atoms with E-state index >= 15 is 0 Å². The van der Waals surface area contributed by atoms with Crippen LogP contribution in [0.5, 0.6) is 0 Å². The van der Waals surface area contributed by atoms with Gasteiger partial charge in [-0.1, -0.05) is 83.5 Å². The van der Waals surface area contributed by atoms with Gasteiger partial charge in [-0.2, -0.15) is 0 Å². The molecule has 0 nitrogen and oxygen atoms in total. The smallest absolute Gasteiger partial charge is 0.0629 e. The maximum Gasteiger partial charge on any atom is 0.0864 e. The molecular formula is C17H14Si. The Morgan fingerprint density at radius 2 is 1.39 bits per heavy atom. The molecule has 1 heteroatoms. The molecule has 0 N–H and O–H groups in total. The minimum Gasteiger partial charge on any atom is -0.0629 e. The van der Waals surface area contributed by atoms with Crippen molar-refractivity contribution in [2.75, 3.05) is 0 Å². The van der Waals surface area contributed by atoms with Crippen molar-refractivity contribution in [2.45, 2.75) is 6.04 Å². The molecule has 0 spiro atoms. The third-order valence-corrected chi connectivity index (χ3v) is 4.52. The molecule has 2 radical (unpaired) electrons. The first-order chi connectivity index (χ1) is 8.93. The first-order valence-electron chi connectivity index (χ1n) is 6.19. The Balaban J connectivity index is 1.87. The zero-order chi connectivity index (χ0) is 12.2. The third kappa shape index (κ3) is 2.36. The van der Waals surface area contributed by atoms with Gasteiger partial charge in [0.15, 0.2) is 0 Å². The molecule has 0 atom stereocenters. The Bertz CT molecular complexity index is 639. The van der Waals surface area contributed by atoms with Crippen LogP contribution in [0.15, 0.2) is 72.8 Å². The van der Waals surface area contributed by atoms with Crippen LogP contribution in [0.2, 0.25) is 0 Å². The van der Waals surface area contributed by atoms with Gasteiger partial charge in [0.05, 0.1) is 9.52 Å². The van der Waals surface area contributed by atoms with E-state index in [2.05, 4.69) is 72.8 Å². The molecule has 0 aliphatic rings. The van der Waals surface area contributed by atoms with Gasteiger partial charge in [0, 0.05) is 0 Å². The SMILES string of the molecule is c1ccc(C[Si]c2cccc3ccccc23)cc1. The molecule has 0 aliphatic heterocycles. The van der Waals surface area contributed by atoms with Gasteiger partial charge in [0.1, 0.15) is 0 Å². The second-order valence-electron chi connectivity index (χ2n) is 4.37. The highest BCUT2D eigenvalue weighted by Gasteiger charge is 2.01. The number of benzene rings is 3. The molecule has 0 saturated heterocycles. The van der Waals surface area contributed by atoms with Crippen LogP contribution in [0, 0.1) is 0 Å². The first-order valence-corrected chi connectivity index (χ1v) is 7.40. The normalized spacial score (nSPS) is 10.7. The van der Waals surface area contributed by atoms with Crippen molar-refractivity contribution < 1.29 is 0 Å². The van der Waals surface area contributed by atoms with Gasteiger partial charge < -0.3 is 0 Å². The largest absolute Gasteiger partial charge is 0.0864 e. The Hall–Kier alpha value is -1.86. The average Bonchev–Trinajstić information content (AvgIpc) is 2.46. The lowest BCUT2D eigenvalue weighted by molar-refractivity contribution is 1.39. The maximum absolute atomic E-state index is 2.25. The topological polar surface area (TPSA) is 0 Å². The summed E-state index contributed by atoms with van der Waals surface area (Å²) < 4.78 is 0. The fourth-order valence-electron chi connectivity index (χ4n) is 2.17. The number of rotatable bonds is 3. The van der Waals surface area contributed by atoms with E-state index in [4.69, 9.17) is 0 Å². The molecule has 0 bridgehead atoms. The molecule has 0 amide bonds. The van der Waals surface area contributed by atoms with Crippen LogP contribution in [0.1, 0.15) is 5.56 Å². The second kappa shape index (κ2) is 5.19. The number of hydrogen-bond donors (Lipinski definition) is 0. The summed E-state index contributed by atoms with van der Waals surface area (Å²) in [6.45, 7) is 0. The average molecular weight is 246 g/mol. The molecule has 0 aliphatic carbocycles. The molecule has 0 heterocycles. The van der Waals surface area contributed by atoms with E-state index in [1.54, 1.807) is 0 Å². The van der Waals surface area contributed by atoms with Crippen molar-refractivity contribution in [1.29, 1.82) is 0 Å². The van der Waals surface area contributed by atoms with E-state index in [0.29, 0.717) is 0 Å². The Morgan fingerprint density at radius 3 is 2.28 bits per heavy atom. The van der Waals surface area contributed by atoms with Crippen LogP contribution >= 0.6 is 0 Å². The maximum atomic E-state index is 2.25. The Labute approximate surface area is 110 Å². The van der Waals surface area contributed by atoms with Crippen molar-refractivity contribution in [3.8, 4) is 0 Å². The van der Waals surface area contributed by atoms with E-state index < -0.39 is 0 Å². The number of hydrogen-bond acceptors (Lipinski definition) is 0. The highest BCUT2D eigenvalue weighted by molar-refractivity contribution is 6.56. The van der Waals surface area contributed by atoms with Crippen molar-refractivity contribution in [3.05, 3.63) is 78.4 Å². The summed E-state index contributed by atoms with van der Waals surface area (Å²) in [6, 6.07) is 27.1. The molecule has 3 aromatic carbocycles. The summed E-state index contributed by atoms with van der Waals surface area (Å²) in [5.74, 6) is 0. The molecule has 3 rings (SSSR count). The monoisotopic (exact) mass is 246 g/mol. The van der Waals surface area contributed by atoms with Crippen molar-refractivity contribution in [1.82, 2.24) is 0 Å². The highest BCUT2D eigenvalue weighted by Crippen LogP contribution is 2.10. The highest BCUT2D eigenvalue weighted by atomic mass is 28.2. The van der Waals surface area contributed by atoms with E-state index in [-0.39, 0.29) is 0 Å². The molecule has 0 saturated carbocycles. The summed E-state index contributed by atoms with van der Waals surface area (Å²) in [7, 11) is 0.836. The van der Waals surface area contributed by atoms with Crippen LogP contribution < -0.4 is 5.19 Å². The molecule has 86 valence electrons. The summed E-state index contributed by atoms with van der Waals surface area (Å²) in [6.07, 6.45) is 0. The van der Waals surface area contributed by atoms with Gasteiger partial charge in [-0.25, -0.2) is 0 Å². The third-order valence-electron chi connectivity index (χ3n) is 3.12. The summed E-state index contributed by atoms with van der Waals surface area (Å²) in [5, 5.41) is 4.21. The summed E-state index contributed by atoms with van der Waals surface area (Å²) in [5.41, 5.74) is 1.42. The minimum absolute atomic E-state index is 0.836. The molecule has 0 aromatic heterocycles. The fourth-order valence-corrected chi connectivity index (χ4v) is 3.44. The van der Waals surface area contributed by atoms with Crippen molar-refractivity contribution in [2.24, 2.45) is 0 Å². The van der Waals surface area contributed by atoms with Gasteiger partial charge in [-0.15, -0.1) is 0 Å². The minimum atomic E-state index is 0.836. The van der Waals surface area contributed by atoms with Gasteiger partial charge in [0.25, 0.3) is 0 Å². The number of fused-ring (bicyclic) bond motifs is 1. The van der Waals surface area contributed by atoms with Crippen LogP contribution in [-0.4, -0.2) is 9.52 Å². The van der Waals surface area contributed by atoms with Gasteiger partial charge in [0.2, 0.25) is 0 Å². The standard InChI is InChI=1S/C17H14Si/c1-2-7-14(8-3-1)13-18-17-12-6-10-15-9-4-5-11-16(15)17/h1-12H,13H2. The molecule has 0 fully saturated rings. The first kappa shape index (κ1) is 11.2. The van der Waals surface area contributed by atoms with Gasteiger partial charge >= 0.3 is 0 Å². The molecule has 18 heavy (non-hydrogen) atoms. The molecule has 3 aromatic rings. The van der Waals surface area contributed by atoms with E-state index in [9.17, 15) is 0 Å². The van der Waals surface area contributed by atoms with Crippen molar-refractivity contribution >= 4 is 25.5 Å². The lowest BCUT2D eigenvalue weighted by atomic mass is 10.1. The Kier molecular flexibility index (Phi) is 3.24. The fraction of sp³-hybridized carbons (Fsp3) is 0.0588. The lowest BCUT2D eigenvalue weighted by Crippen LogP contribution is -2.17. The Morgan fingerprint density at radius 1 is 0.667 bits per heavy atom. The second-order valence-corrected chi connectivity index (χ2v) is 5.61. The zero-order valence-corrected chi connectivity index (χ0v) is 11.1. The zero-order valence-electron chi connectivity index (χ0n) is 10.1. The summed E-state index contributed by atoms with van der Waals surface area (Å²) >= 11 is 0. The van der Waals surface area contributed by atoms with Crippen LogP contribution in [0.3, 0.4) is 0 Å². The lowest BCUT2D eigenvalue weighted by Gasteiger charge is -2.05. The van der Waals surface area contributed by atoms with E-state index in [0.717, 1.165) is 15.6 Å². The van der Waals surface area contributed by atoms with Crippen LogP contribution in [-0.2, 0) is 6.04 Å². The predicted molar refractivity (Wildman–Crippen MR) is 79.5 cm³/mol. The van der Waals surface area contributed by atoms with Gasteiger partial charge in [-0.05, 0) is 16.8 Å². The van der Waals surface area contributed by atoms with Crippen LogP contribution in [0.4, 0.5) is 0 Å². The molecular weight excluding hydrogens is 232 g/mol. The van der Waals surface area contributed by atoms with Crippen LogP contribution in [0.25, 0.3) is 10.8 Å². The molecule has 0 unspecified atom stereocenters. The quantitative estimate of drug-likeness (QED) is 0.622. The summed E-state index contributed by atoms with van der Waals surface area (Å²) in [4.78, 5) is 0. The van der Waals surface area contributed by atoms with Gasteiger partial charge in [-0.3, -0.25) is 0 Å². The van der Waals surface area contributed by atoms with E-state index in [1.807, 2.05) is 0 Å². The predicted octanol–water partition coefficient (Wildman–Crippen LogP) is 3.37. The van der Waals surface area contributed by atoms with E-state index in [1.165, 1.54) is 21.5 Å². The van der Waals surface area contributed by atoms with Crippen molar-refractivity contribution in [3.63, 3.8) is 0 Å².